The van der Waals surface area contributed by atoms with Crippen molar-refractivity contribution in [2.24, 2.45) is 5.92 Å². The number of ether oxygens (including phenoxy) is 2. The van der Waals surface area contributed by atoms with Gasteiger partial charge in [-0.2, -0.15) is 0 Å². The van der Waals surface area contributed by atoms with Gasteiger partial charge in [-0.15, -0.1) is 0 Å². The van der Waals surface area contributed by atoms with Crippen molar-refractivity contribution < 1.29 is 17.9 Å². The Balaban J connectivity index is 2.15. The lowest BCUT2D eigenvalue weighted by Crippen LogP contribution is -2.14. The number of anilines is 2. The topological polar surface area (TPSA) is 89.6 Å². The molecule has 0 fully saturated rings. The Bertz CT molecular complexity index is 805. The third-order valence-corrected chi connectivity index (χ3v) is 4.73. The highest BCUT2D eigenvalue weighted by atomic mass is 32.2. The number of nitrogens with one attached hydrogen (secondary N) is 2. The molecule has 0 saturated carbocycles. The summed E-state index contributed by atoms with van der Waals surface area (Å²) in [4.78, 5) is 4.20. The number of pyridine rings is 1. The van der Waals surface area contributed by atoms with Gasteiger partial charge in [0.25, 0.3) is 10.0 Å². The summed E-state index contributed by atoms with van der Waals surface area (Å²) in [5.74, 6) is 1.54. The second-order valence-corrected chi connectivity index (χ2v) is 7.51. The van der Waals surface area contributed by atoms with Gasteiger partial charge >= 0.3 is 0 Å². The van der Waals surface area contributed by atoms with Gasteiger partial charge in [-0.25, -0.2) is 13.4 Å². The molecular formula is C17H23N3O4S. The van der Waals surface area contributed by atoms with Crippen LogP contribution in [0.25, 0.3) is 0 Å². The molecule has 2 rings (SSSR count). The zero-order chi connectivity index (χ0) is 18.4. The highest BCUT2D eigenvalue weighted by Gasteiger charge is 2.17. The van der Waals surface area contributed by atoms with E-state index in [4.69, 9.17) is 9.47 Å². The first kappa shape index (κ1) is 18.9. The minimum atomic E-state index is -3.78. The van der Waals surface area contributed by atoms with Crippen LogP contribution in [0.1, 0.15) is 13.8 Å². The molecule has 0 spiro atoms. The standard InChI is InChI=1S/C17H23N3O4S/c1-12(2)10-18-13-5-8-17(19-11-13)20-25(21,22)14-6-7-15(23-3)16(9-14)24-4/h5-9,11-12,18H,10H2,1-4H3,(H,19,20). The van der Waals surface area contributed by atoms with Gasteiger partial charge in [0.1, 0.15) is 5.82 Å². The molecule has 0 saturated heterocycles. The maximum atomic E-state index is 12.5. The van der Waals surface area contributed by atoms with Gasteiger partial charge in [0.05, 0.1) is 31.0 Å². The van der Waals surface area contributed by atoms with Crippen LogP contribution in [0.3, 0.4) is 0 Å². The van der Waals surface area contributed by atoms with E-state index in [-0.39, 0.29) is 10.7 Å². The normalized spacial score (nSPS) is 11.2. The molecule has 0 aliphatic carbocycles. The first-order chi connectivity index (χ1) is 11.9. The number of benzene rings is 1. The SMILES string of the molecule is COc1ccc(S(=O)(=O)Nc2ccc(NCC(C)C)cn2)cc1OC. The van der Waals surface area contributed by atoms with Crippen molar-refractivity contribution in [1.29, 1.82) is 0 Å². The van der Waals surface area contributed by atoms with Gasteiger partial charge in [0.15, 0.2) is 11.5 Å². The van der Waals surface area contributed by atoms with E-state index in [1.807, 2.05) is 0 Å². The molecular weight excluding hydrogens is 342 g/mol. The lowest BCUT2D eigenvalue weighted by atomic mass is 10.2. The van der Waals surface area contributed by atoms with E-state index in [0.29, 0.717) is 17.4 Å². The Hall–Kier alpha value is -2.48. The van der Waals surface area contributed by atoms with Gasteiger partial charge < -0.3 is 14.8 Å². The van der Waals surface area contributed by atoms with E-state index in [2.05, 4.69) is 28.9 Å². The van der Waals surface area contributed by atoms with Crippen molar-refractivity contribution in [2.45, 2.75) is 18.7 Å². The molecule has 0 aliphatic rings. The summed E-state index contributed by atoms with van der Waals surface area (Å²) in [6.07, 6.45) is 1.59. The molecule has 136 valence electrons. The molecule has 2 N–H and O–H groups in total. The second-order valence-electron chi connectivity index (χ2n) is 5.83. The van der Waals surface area contributed by atoms with Crippen LogP contribution in [-0.4, -0.2) is 34.2 Å². The average Bonchev–Trinajstić information content (AvgIpc) is 2.60. The maximum Gasteiger partial charge on any atom is 0.263 e. The van der Waals surface area contributed by atoms with E-state index in [0.717, 1.165) is 12.2 Å². The van der Waals surface area contributed by atoms with E-state index >= 15 is 0 Å². The molecule has 1 aromatic heterocycles. The smallest absolute Gasteiger partial charge is 0.263 e. The summed E-state index contributed by atoms with van der Waals surface area (Å²) in [5.41, 5.74) is 0.836. The Morgan fingerprint density at radius 1 is 1.08 bits per heavy atom. The van der Waals surface area contributed by atoms with Crippen LogP contribution in [0.2, 0.25) is 0 Å². The highest BCUT2D eigenvalue weighted by molar-refractivity contribution is 7.92. The largest absolute Gasteiger partial charge is 0.493 e. The number of hydrogen-bond donors (Lipinski definition) is 2. The summed E-state index contributed by atoms with van der Waals surface area (Å²) < 4.78 is 37.7. The van der Waals surface area contributed by atoms with Crippen LogP contribution in [0.15, 0.2) is 41.4 Å². The molecule has 0 amide bonds. The zero-order valence-electron chi connectivity index (χ0n) is 14.7. The third kappa shape index (κ3) is 4.99. The number of sulfonamides is 1. The molecule has 2 aromatic rings. The predicted molar refractivity (Wildman–Crippen MR) is 97.9 cm³/mol. The molecule has 0 bridgehead atoms. The average molecular weight is 365 g/mol. The molecule has 0 radical (unpaired) electrons. The molecule has 1 aromatic carbocycles. The van der Waals surface area contributed by atoms with Gasteiger partial charge in [0.2, 0.25) is 0 Å². The fraction of sp³-hybridized carbons (Fsp3) is 0.353. The van der Waals surface area contributed by atoms with Gasteiger partial charge in [-0.3, -0.25) is 4.72 Å². The lowest BCUT2D eigenvalue weighted by Gasteiger charge is -2.12. The van der Waals surface area contributed by atoms with Gasteiger partial charge in [-0.1, -0.05) is 13.8 Å². The Morgan fingerprint density at radius 2 is 1.80 bits per heavy atom. The molecule has 0 unspecified atom stereocenters. The summed E-state index contributed by atoms with van der Waals surface area (Å²) in [6, 6.07) is 7.78. The van der Waals surface area contributed by atoms with Crippen molar-refractivity contribution in [1.82, 2.24) is 4.98 Å². The van der Waals surface area contributed by atoms with Crippen molar-refractivity contribution >= 4 is 21.5 Å². The number of nitrogens with zero attached hydrogens (tertiary/aromatic N) is 1. The quantitative estimate of drug-likeness (QED) is 0.747. The lowest BCUT2D eigenvalue weighted by molar-refractivity contribution is 0.354. The van der Waals surface area contributed by atoms with E-state index < -0.39 is 10.0 Å². The Labute approximate surface area is 148 Å². The molecule has 7 nitrogen and oxygen atoms in total. The molecule has 8 heteroatoms. The summed E-state index contributed by atoms with van der Waals surface area (Å²) >= 11 is 0. The van der Waals surface area contributed by atoms with Crippen LogP contribution in [-0.2, 0) is 10.0 Å². The minimum Gasteiger partial charge on any atom is -0.493 e. The van der Waals surface area contributed by atoms with Crippen LogP contribution < -0.4 is 19.5 Å². The fourth-order valence-electron chi connectivity index (χ4n) is 2.06. The van der Waals surface area contributed by atoms with Crippen molar-refractivity contribution in [3.05, 3.63) is 36.5 Å². The number of methoxy groups -OCH3 is 2. The molecule has 0 atom stereocenters. The molecule has 0 aliphatic heterocycles. The summed E-state index contributed by atoms with van der Waals surface area (Å²) in [7, 11) is -0.838. The highest BCUT2D eigenvalue weighted by Crippen LogP contribution is 2.30. The van der Waals surface area contributed by atoms with E-state index in [9.17, 15) is 8.42 Å². The second kappa shape index (κ2) is 8.06. The van der Waals surface area contributed by atoms with Crippen LogP contribution in [0.4, 0.5) is 11.5 Å². The monoisotopic (exact) mass is 365 g/mol. The number of hydrogen-bond acceptors (Lipinski definition) is 6. The summed E-state index contributed by atoms with van der Waals surface area (Å²) in [6.45, 7) is 5.02. The van der Waals surface area contributed by atoms with E-state index in [1.54, 1.807) is 24.4 Å². The van der Waals surface area contributed by atoms with Gasteiger partial charge in [0, 0.05) is 12.6 Å². The van der Waals surface area contributed by atoms with E-state index in [1.165, 1.54) is 26.4 Å². The first-order valence-corrected chi connectivity index (χ1v) is 9.29. The van der Waals surface area contributed by atoms with Crippen LogP contribution >= 0.6 is 0 Å². The Morgan fingerprint density at radius 3 is 2.36 bits per heavy atom. The molecule has 25 heavy (non-hydrogen) atoms. The van der Waals surface area contributed by atoms with Crippen molar-refractivity contribution in [2.75, 3.05) is 30.8 Å². The number of aromatic nitrogens is 1. The first-order valence-electron chi connectivity index (χ1n) is 7.80. The Kier molecular flexibility index (Phi) is 6.08. The predicted octanol–water partition coefficient (Wildman–Crippen LogP) is 2.97. The minimum absolute atomic E-state index is 0.0639. The fourth-order valence-corrected chi connectivity index (χ4v) is 3.08. The maximum absolute atomic E-state index is 12.5. The summed E-state index contributed by atoms with van der Waals surface area (Å²) in [5, 5.41) is 3.22. The van der Waals surface area contributed by atoms with Crippen molar-refractivity contribution in [3.63, 3.8) is 0 Å². The van der Waals surface area contributed by atoms with Crippen molar-refractivity contribution in [3.8, 4) is 11.5 Å². The zero-order valence-corrected chi connectivity index (χ0v) is 15.6. The van der Waals surface area contributed by atoms with Crippen LogP contribution in [0, 0.1) is 5.92 Å². The molecule has 1 heterocycles. The van der Waals surface area contributed by atoms with Gasteiger partial charge in [-0.05, 0) is 30.2 Å². The van der Waals surface area contributed by atoms with Crippen LogP contribution in [0.5, 0.6) is 11.5 Å². The third-order valence-electron chi connectivity index (χ3n) is 3.38. The number of rotatable bonds is 8.